The van der Waals surface area contributed by atoms with Crippen LogP contribution in [-0.4, -0.2) is 41.0 Å². The lowest BCUT2D eigenvalue weighted by Gasteiger charge is -2.22. The molecule has 1 saturated heterocycles. The number of halogens is 1. The van der Waals surface area contributed by atoms with E-state index in [-0.39, 0.29) is 11.1 Å². The van der Waals surface area contributed by atoms with E-state index in [1.165, 1.54) is 6.20 Å². The third-order valence-electron chi connectivity index (χ3n) is 3.03. The molecular weight excluding hydrogens is 296 g/mol. The molecule has 0 aromatic carbocycles. The van der Waals surface area contributed by atoms with E-state index in [0.29, 0.717) is 18.8 Å². The SMILES string of the molecule is CC(C)(C)OC(=O)N[C@@H]1CCN(c2cn[nH]c(=O)c2Cl)C1. The van der Waals surface area contributed by atoms with Crippen molar-refractivity contribution in [2.45, 2.75) is 38.8 Å². The first-order chi connectivity index (χ1) is 9.76. The molecule has 1 aliphatic rings. The standard InChI is InChI=1S/C13H19ClN4O3/c1-13(2,3)21-12(20)16-8-4-5-18(7-8)9-6-15-17-11(19)10(9)14/h6,8H,4-5,7H2,1-3H3,(H,16,20)(H,17,19)/t8-/m1/s1. The van der Waals surface area contributed by atoms with Crippen LogP contribution < -0.4 is 15.8 Å². The maximum absolute atomic E-state index is 11.7. The number of nitrogens with one attached hydrogen (secondary N) is 2. The summed E-state index contributed by atoms with van der Waals surface area (Å²) in [5.41, 5.74) is -0.367. The number of anilines is 1. The van der Waals surface area contributed by atoms with Crippen molar-refractivity contribution in [2.24, 2.45) is 0 Å². The van der Waals surface area contributed by atoms with Crippen molar-refractivity contribution in [3.8, 4) is 0 Å². The van der Waals surface area contributed by atoms with E-state index in [2.05, 4.69) is 15.5 Å². The number of amides is 1. The average molecular weight is 315 g/mol. The highest BCUT2D eigenvalue weighted by atomic mass is 35.5. The van der Waals surface area contributed by atoms with Crippen LogP contribution in [0.15, 0.2) is 11.0 Å². The maximum atomic E-state index is 11.7. The first-order valence-electron chi connectivity index (χ1n) is 6.74. The Morgan fingerprint density at radius 2 is 2.29 bits per heavy atom. The normalized spacial score (nSPS) is 18.7. The first-order valence-corrected chi connectivity index (χ1v) is 7.12. The minimum atomic E-state index is -0.525. The summed E-state index contributed by atoms with van der Waals surface area (Å²) in [5.74, 6) is 0. The number of carbonyl (C=O) groups is 1. The van der Waals surface area contributed by atoms with E-state index in [4.69, 9.17) is 16.3 Å². The molecule has 1 aromatic rings. The summed E-state index contributed by atoms with van der Waals surface area (Å²) < 4.78 is 5.22. The summed E-state index contributed by atoms with van der Waals surface area (Å²) >= 11 is 5.98. The van der Waals surface area contributed by atoms with Crippen LogP contribution in [0, 0.1) is 0 Å². The zero-order chi connectivity index (χ0) is 15.6. The minimum absolute atomic E-state index is 0.0461. The van der Waals surface area contributed by atoms with Gasteiger partial charge in [0.25, 0.3) is 5.56 Å². The number of alkyl carbamates (subject to hydrolysis) is 1. The van der Waals surface area contributed by atoms with Gasteiger partial charge in [-0.1, -0.05) is 11.6 Å². The van der Waals surface area contributed by atoms with Gasteiger partial charge in [0.15, 0.2) is 0 Å². The lowest BCUT2D eigenvalue weighted by atomic mass is 10.2. The van der Waals surface area contributed by atoms with Gasteiger partial charge < -0.3 is 15.0 Å². The van der Waals surface area contributed by atoms with Crippen molar-refractivity contribution in [3.05, 3.63) is 21.6 Å². The van der Waals surface area contributed by atoms with Gasteiger partial charge in [-0.05, 0) is 27.2 Å². The number of carbonyl (C=O) groups excluding carboxylic acids is 1. The summed E-state index contributed by atoms with van der Waals surface area (Å²) in [6.45, 7) is 6.69. The van der Waals surface area contributed by atoms with Gasteiger partial charge in [0, 0.05) is 13.1 Å². The molecule has 2 heterocycles. The first kappa shape index (κ1) is 15.6. The van der Waals surface area contributed by atoms with Crippen molar-refractivity contribution in [1.82, 2.24) is 15.5 Å². The van der Waals surface area contributed by atoms with E-state index < -0.39 is 17.3 Å². The van der Waals surface area contributed by atoms with Gasteiger partial charge in [0.05, 0.1) is 17.9 Å². The summed E-state index contributed by atoms with van der Waals surface area (Å²) in [5, 5.41) is 8.96. The lowest BCUT2D eigenvalue weighted by molar-refractivity contribution is 0.0509. The Morgan fingerprint density at radius 3 is 2.95 bits per heavy atom. The topological polar surface area (TPSA) is 87.3 Å². The van der Waals surface area contributed by atoms with Crippen molar-refractivity contribution in [1.29, 1.82) is 0 Å². The van der Waals surface area contributed by atoms with Crippen LogP contribution in [0.5, 0.6) is 0 Å². The minimum Gasteiger partial charge on any atom is -0.444 e. The molecule has 7 nitrogen and oxygen atoms in total. The second-order valence-corrected chi connectivity index (χ2v) is 6.35. The Hall–Kier alpha value is -1.76. The molecule has 1 amide bonds. The molecule has 0 radical (unpaired) electrons. The molecule has 1 aromatic heterocycles. The number of hydrogen-bond donors (Lipinski definition) is 2. The molecule has 0 unspecified atom stereocenters. The molecule has 8 heteroatoms. The number of aromatic nitrogens is 2. The average Bonchev–Trinajstić information content (AvgIpc) is 2.78. The van der Waals surface area contributed by atoms with Gasteiger partial charge in [-0.15, -0.1) is 0 Å². The highest BCUT2D eigenvalue weighted by Gasteiger charge is 2.27. The van der Waals surface area contributed by atoms with E-state index in [1.807, 2.05) is 25.7 Å². The Balaban J connectivity index is 1.96. The van der Waals surface area contributed by atoms with Gasteiger partial charge in [0.1, 0.15) is 10.6 Å². The zero-order valence-corrected chi connectivity index (χ0v) is 13.0. The molecule has 1 aliphatic heterocycles. The zero-order valence-electron chi connectivity index (χ0n) is 12.3. The summed E-state index contributed by atoms with van der Waals surface area (Å²) in [6.07, 6.45) is 1.83. The second-order valence-electron chi connectivity index (χ2n) is 5.98. The molecular formula is C13H19ClN4O3. The molecule has 1 fully saturated rings. The van der Waals surface area contributed by atoms with Crippen LogP contribution in [-0.2, 0) is 4.74 Å². The van der Waals surface area contributed by atoms with Gasteiger partial charge >= 0.3 is 6.09 Å². The van der Waals surface area contributed by atoms with Gasteiger partial charge in [0.2, 0.25) is 0 Å². The van der Waals surface area contributed by atoms with E-state index in [9.17, 15) is 9.59 Å². The molecule has 0 saturated carbocycles. The van der Waals surface area contributed by atoms with Crippen LogP contribution in [0.2, 0.25) is 5.02 Å². The molecule has 0 bridgehead atoms. The second kappa shape index (κ2) is 5.93. The van der Waals surface area contributed by atoms with Gasteiger partial charge in [-0.3, -0.25) is 4.79 Å². The number of H-pyrrole nitrogens is 1. The lowest BCUT2D eigenvalue weighted by Crippen LogP contribution is -2.40. The van der Waals surface area contributed by atoms with E-state index in [0.717, 1.165) is 6.42 Å². The quantitative estimate of drug-likeness (QED) is 0.864. The van der Waals surface area contributed by atoms with Crippen LogP contribution in [0.3, 0.4) is 0 Å². The van der Waals surface area contributed by atoms with E-state index >= 15 is 0 Å². The predicted molar refractivity (Wildman–Crippen MR) is 79.9 cm³/mol. The predicted octanol–water partition coefficient (Wildman–Crippen LogP) is 1.53. The Morgan fingerprint density at radius 1 is 1.57 bits per heavy atom. The summed E-state index contributed by atoms with van der Waals surface area (Å²) in [7, 11) is 0. The van der Waals surface area contributed by atoms with Gasteiger partial charge in [-0.2, -0.15) is 5.10 Å². The number of aromatic amines is 1. The van der Waals surface area contributed by atoms with Crippen LogP contribution in [0.4, 0.5) is 10.5 Å². The fraction of sp³-hybridized carbons (Fsp3) is 0.615. The van der Waals surface area contributed by atoms with Crippen molar-refractivity contribution in [2.75, 3.05) is 18.0 Å². The third-order valence-corrected chi connectivity index (χ3v) is 3.39. The molecule has 21 heavy (non-hydrogen) atoms. The largest absolute Gasteiger partial charge is 0.444 e. The number of rotatable bonds is 2. The number of hydrogen-bond acceptors (Lipinski definition) is 5. The monoisotopic (exact) mass is 314 g/mol. The Labute approximate surface area is 127 Å². The molecule has 1 atom stereocenters. The van der Waals surface area contributed by atoms with E-state index in [1.54, 1.807) is 0 Å². The summed E-state index contributed by atoms with van der Waals surface area (Å²) in [6, 6.07) is -0.0461. The molecule has 0 aliphatic carbocycles. The van der Waals surface area contributed by atoms with Crippen molar-refractivity contribution >= 4 is 23.4 Å². The fourth-order valence-corrected chi connectivity index (χ4v) is 2.38. The maximum Gasteiger partial charge on any atom is 0.407 e. The van der Waals surface area contributed by atoms with Crippen molar-refractivity contribution < 1.29 is 9.53 Å². The highest BCUT2D eigenvalue weighted by Crippen LogP contribution is 2.24. The number of nitrogens with zero attached hydrogens (tertiary/aromatic N) is 2. The Bertz CT molecular complexity index is 582. The molecule has 0 spiro atoms. The van der Waals surface area contributed by atoms with Crippen LogP contribution in [0.25, 0.3) is 0 Å². The summed E-state index contributed by atoms with van der Waals surface area (Å²) in [4.78, 5) is 25.1. The fourth-order valence-electron chi connectivity index (χ4n) is 2.17. The Kier molecular flexibility index (Phi) is 4.41. The molecule has 2 N–H and O–H groups in total. The molecule has 2 rings (SSSR count). The number of ether oxygens (including phenoxy) is 1. The van der Waals surface area contributed by atoms with Gasteiger partial charge in [-0.25, -0.2) is 9.89 Å². The highest BCUT2D eigenvalue weighted by molar-refractivity contribution is 6.33. The smallest absolute Gasteiger partial charge is 0.407 e. The van der Waals surface area contributed by atoms with Crippen LogP contribution >= 0.6 is 11.6 Å². The van der Waals surface area contributed by atoms with Crippen molar-refractivity contribution in [3.63, 3.8) is 0 Å². The third kappa shape index (κ3) is 4.10. The molecule has 116 valence electrons. The van der Waals surface area contributed by atoms with Crippen LogP contribution in [0.1, 0.15) is 27.2 Å².